The topological polar surface area (TPSA) is 61.4 Å². The van der Waals surface area contributed by atoms with Crippen LogP contribution in [0, 0.1) is 11.6 Å². The fourth-order valence-corrected chi connectivity index (χ4v) is 3.95. The van der Waals surface area contributed by atoms with Crippen molar-refractivity contribution in [2.75, 3.05) is 0 Å². The van der Waals surface area contributed by atoms with E-state index in [4.69, 9.17) is 9.97 Å². The summed E-state index contributed by atoms with van der Waals surface area (Å²) < 4.78 is 31.9. The van der Waals surface area contributed by atoms with E-state index in [0.29, 0.717) is 23.0 Å². The maximum absolute atomic E-state index is 14.5. The predicted octanol–water partition coefficient (Wildman–Crippen LogP) is 6.48. The molecule has 184 valence electrons. The van der Waals surface area contributed by atoms with Crippen LogP contribution in [0.3, 0.4) is 0 Å². The number of nitrogens with zero attached hydrogens (tertiary/aromatic N) is 6. The van der Waals surface area contributed by atoms with Crippen molar-refractivity contribution in [3.8, 4) is 11.6 Å². The number of hydrogen-bond acceptors (Lipinski definition) is 4. The molecule has 2 unspecified atom stereocenters. The molecule has 0 radical (unpaired) electrons. The van der Waals surface area contributed by atoms with Gasteiger partial charge in [0.05, 0.1) is 23.8 Å². The van der Waals surface area contributed by atoms with Crippen molar-refractivity contribution in [3.63, 3.8) is 0 Å². The molecule has 6 nitrogen and oxygen atoms in total. The molecule has 0 aliphatic heterocycles. The van der Waals surface area contributed by atoms with Crippen molar-refractivity contribution >= 4 is 0 Å². The molecular weight excluding hydrogens is 446 g/mol. The lowest BCUT2D eigenvalue weighted by Crippen LogP contribution is -2.23. The summed E-state index contributed by atoms with van der Waals surface area (Å²) in [5.74, 6) is 0.457. The Kier molecular flexibility index (Phi) is 6.83. The Labute approximate surface area is 205 Å². The van der Waals surface area contributed by atoms with Crippen LogP contribution in [-0.2, 0) is 5.41 Å². The summed E-state index contributed by atoms with van der Waals surface area (Å²) in [7, 11) is 0. The molecule has 4 aromatic heterocycles. The van der Waals surface area contributed by atoms with Crippen molar-refractivity contribution in [3.05, 3.63) is 83.2 Å². The normalized spacial score (nSPS) is 13.7. The summed E-state index contributed by atoms with van der Waals surface area (Å²) >= 11 is 0. The van der Waals surface area contributed by atoms with Gasteiger partial charge in [0.25, 0.3) is 0 Å². The second kappa shape index (κ2) is 9.68. The lowest BCUT2D eigenvalue weighted by Gasteiger charge is -2.24. The summed E-state index contributed by atoms with van der Waals surface area (Å²) in [6.07, 6.45) is 4.35. The SMILES string of the molecule is CCC(C)c1nn(-c2cccc(C(C)(C)c3cccc(-n4cc(F)c(C(C)CC)n4)n3)n2)cc1F. The molecular formula is C27H32F2N6. The number of pyridine rings is 2. The highest BCUT2D eigenvalue weighted by molar-refractivity contribution is 5.36. The average Bonchev–Trinajstić information content (AvgIpc) is 3.46. The van der Waals surface area contributed by atoms with Gasteiger partial charge in [0.15, 0.2) is 23.3 Å². The third-order valence-corrected chi connectivity index (χ3v) is 6.77. The molecule has 8 heteroatoms. The second-order valence-corrected chi connectivity index (χ2v) is 9.62. The lowest BCUT2D eigenvalue weighted by atomic mass is 9.84. The number of aromatic nitrogens is 6. The first-order valence-corrected chi connectivity index (χ1v) is 12.1. The summed E-state index contributed by atoms with van der Waals surface area (Å²) in [6.45, 7) is 12.0. The predicted molar refractivity (Wildman–Crippen MR) is 132 cm³/mol. The highest BCUT2D eigenvalue weighted by Gasteiger charge is 2.28. The van der Waals surface area contributed by atoms with Gasteiger partial charge in [0.1, 0.15) is 11.4 Å². The molecule has 4 heterocycles. The smallest absolute Gasteiger partial charge is 0.165 e. The summed E-state index contributed by atoms with van der Waals surface area (Å²) in [5, 5.41) is 8.90. The summed E-state index contributed by atoms with van der Waals surface area (Å²) in [5.41, 5.74) is 1.82. The molecule has 4 rings (SSSR count). The quantitative estimate of drug-likeness (QED) is 0.291. The van der Waals surface area contributed by atoms with Gasteiger partial charge in [0.2, 0.25) is 0 Å². The maximum Gasteiger partial charge on any atom is 0.165 e. The fourth-order valence-electron chi connectivity index (χ4n) is 3.95. The molecule has 0 saturated carbocycles. The van der Waals surface area contributed by atoms with E-state index in [1.807, 2.05) is 65.8 Å². The molecule has 0 saturated heterocycles. The average molecular weight is 479 g/mol. The van der Waals surface area contributed by atoms with E-state index in [0.717, 1.165) is 24.2 Å². The molecule has 0 N–H and O–H groups in total. The van der Waals surface area contributed by atoms with E-state index >= 15 is 0 Å². The van der Waals surface area contributed by atoms with Gasteiger partial charge in [-0.25, -0.2) is 28.1 Å². The van der Waals surface area contributed by atoms with Gasteiger partial charge in [-0.2, -0.15) is 10.2 Å². The van der Waals surface area contributed by atoms with Crippen LogP contribution in [0.4, 0.5) is 8.78 Å². The minimum absolute atomic E-state index is 0.0239. The number of hydrogen-bond donors (Lipinski definition) is 0. The molecule has 2 atom stereocenters. The largest absolute Gasteiger partial charge is 0.233 e. The van der Waals surface area contributed by atoms with Gasteiger partial charge in [-0.15, -0.1) is 0 Å². The minimum atomic E-state index is -0.581. The molecule has 4 aromatic rings. The van der Waals surface area contributed by atoms with E-state index in [1.165, 1.54) is 21.8 Å². The van der Waals surface area contributed by atoms with Crippen LogP contribution in [0.1, 0.15) is 89.0 Å². The molecule has 0 fully saturated rings. The first-order chi connectivity index (χ1) is 16.6. The highest BCUT2D eigenvalue weighted by atomic mass is 19.1. The maximum atomic E-state index is 14.5. The van der Waals surface area contributed by atoms with Gasteiger partial charge >= 0.3 is 0 Å². The molecule has 0 aliphatic rings. The molecule has 0 aromatic carbocycles. The van der Waals surface area contributed by atoms with Crippen LogP contribution in [0.2, 0.25) is 0 Å². The van der Waals surface area contributed by atoms with E-state index < -0.39 is 5.41 Å². The summed E-state index contributed by atoms with van der Waals surface area (Å²) in [6, 6.07) is 11.2. The Bertz CT molecular complexity index is 1220. The van der Waals surface area contributed by atoms with Gasteiger partial charge in [-0.1, -0.05) is 39.8 Å². The van der Waals surface area contributed by atoms with Crippen molar-refractivity contribution < 1.29 is 8.78 Å². The van der Waals surface area contributed by atoms with Crippen molar-refractivity contribution in [2.45, 2.75) is 71.6 Å². The van der Waals surface area contributed by atoms with Crippen molar-refractivity contribution in [1.29, 1.82) is 0 Å². The fraction of sp³-hybridized carbons (Fsp3) is 0.407. The van der Waals surface area contributed by atoms with Crippen LogP contribution in [-0.4, -0.2) is 29.5 Å². The Hall–Kier alpha value is -3.42. The Morgan fingerprint density at radius 3 is 1.51 bits per heavy atom. The monoisotopic (exact) mass is 478 g/mol. The van der Waals surface area contributed by atoms with Gasteiger partial charge in [-0.3, -0.25) is 0 Å². The molecule has 0 amide bonds. The Morgan fingerprint density at radius 2 is 1.14 bits per heavy atom. The van der Waals surface area contributed by atoms with E-state index in [-0.39, 0.29) is 23.5 Å². The third kappa shape index (κ3) is 4.74. The first-order valence-electron chi connectivity index (χ1n) is 12.1. The molecule has 0 spiro atoms. The Morgan fingerprint density at radius 1 is 0.743 bits per heavy atom. The van der Waals surface area contributed by atoms with Crippen LogP contribution in [0.5, 0.6) is 0 Å². The first kappa shape index (κ1) is 24.7. The van der Waals surface area contributed by atoms with Gasteiger partial charge < -0.3 is 0 Å². The zero-order valence-electron chi connectivity index (χ0n) is 21.1. The third-order valence-electron chi connectivity index (χ3n) is 6.77. The lowest BCUT2D eigenvalue weighted by molar-refractivity contribution is 0.579. The number of halogens is 2. The Balaban J connectivity index is 1.69. The zero-order chi connectivity index (χ0) is 25.3. The van der Waals surface area contributed by atoms with Crippen LogP contribution < -0.4 is 0 Å². The molecule has 35 heavy (non-hydrogen) atoms. The molecule has 0 bridgehead atoms. The van der Waals surface area contributed by atoms with E-state index in [2.05, 4.69) is 10.2 Å². The van der Waals surface area contributed by atoms with Crippen LogP contribution in [0.15, 0.2) is 48.8 Å². The van der Waals surface area contributed by atoms with Crippen molar-refractivity contribution in [1.82, 2.24) is 29.5 Å². The van der Waals surface area contributed by atoms with Crippen LogP contribution in [0.25, 0.3) is 11.6 Å². The standard InChI is InChI=1S/C27H32F2N6/c1-7-17(3)25-19(28)15-34(32-25)23-13-9-11-21(30-23)27(5,6)22-12-10-14-24(31-22)35-16-20(29)26(33-35)18(4)8-2/h9-18H,7-8H2,1-6H3. The number of rotatable bonds is 8. The summed E-state index contributed by atoms with van der Waals surface area (Å²) in [4.78, 5) is 9.59. The molecule has 0 aliphatic carbocycles. The highest BCUT2D eigenvalue weighted by Crippen LogP contribution is 2.30. The van der Waals surface area contributed by atoms with Gasteiger partial charge in [-0.05, 0) is 51.0 Å². The zero-order valence-corrected chi connectivity index (χ0v) is 21.1. The van der Waals surface area contributed by atoms with Gasteiger partial charge in [0, 0.05) is 17.3 Å². The second-order valence-electron chi connectivity index (χ2n) is 9.62. The van der Waals surface area contributed by atoms with E-state index in [9.17, 15) is 8.78 Å². The van der Waals surface area contributed by atoms with Crippen LogP contribution >= 0.6 is 0 Å². The van der Waals surface area contributed by atoms with E-state index in [1.54, 1.807) is 12.1 Å². The minimum Gasteiger partial charge on any atom is -0.233 e. The van der Waals surface area contributed by atoms with Crippen molar-refractivity contribution in [2.24, 2.45) is 0 Å².